The average Bonchev–Trinajstić information content (AvgIpc) is 2.59. The average molecular weight is 364 g/mol. The zero-order valence-electron chi connectivity index (χ0n) is 13.3. The first-order valence-corrected chi connectivity index (χ1v) is 8.78. The maximum absolute atomic E-state index is 12.9. The highest BCUT2D eigenvalue weighted by atomic mass is 32.2. The second kappa shape index (κ2) is 7.31. The fourth-order valence-electron chi connectivity index (χ4n) is 2.34. The lowest BCUT2D eigenvalue weighted by Crippen LogP contribution is -2.36. The number of rotatable bonds is 7. The molecule has 0 heterocycles. The van der Waals surface area contributed by atoms with Gasteiger partial charge in [0.1, 0.15) is 6.54 Å². The molecule has 9 heteroatoms. The van der Waals surface area contributed by atoms with Crippen LogP contribution < -0.4 is 4.31 Å². The highest BCUT2D eigenvalue weighted by Crippen LogP contribution is 2.28. The lowest BCUT2D eigenvalue weighted by atomic mass is 10.1. The van der Waals surface area contributed by atoms with Crippen molar-refractivity contribution in [3.05, 3.63) is 64.2 Å². The largest absolute Gasteiger partial charge is 0.480 e. The van der Waals surface area contributed by atoms with Gasteiger partial charge in [0.25, 0.3) is 15.7 Å². The number of hydrogen-bond donors (Lipinski definition) is 1. The Morgan fingerprint density at radius 1 is 1.16 bits per heavy atom. The van der Waals surface area contributed by atoms with Crippen molar-refractivity contribution < 1.29 is 23.2 Å². The van der Waals surface area contributed by atoms with Gasteiger partial charge in [0.15, 0.2) is 0 Å². The number of sulfonamides is 1. The molecule has 0 atom stereocenters. The van der Waals surface area contributed by atoms with Crippen molar-refractivity contribution in [3.63, 3.8) is 0 Å². The molecule has 0 aromatic heterocycles. The van der Waals surface area contributed by atoms with Crippen LogP contribution in [0, 0.1) is 10.1 Å². The van der Waals surface area contributed by atoms with Crippen LogP contribution in [0.4, 0.5) is 11.4 Å². The zero-order valence-corrected chi connectivity index (χ0v) is 14.1. The molecule has 25 heavy (non-hydrogen) atoms. The molecule has 0 amide bonds. The molecular weight excluding hydrogens is 348 g/mol. The van der Waals surface area contributed by atoms with Crippen LogP contribution in [-0.4, -0.2) is 31.0 Å². The predicted molar refractivity (Wildman–Crippen MR) is 91.1 cm³/mol. The summed E-state index contributed by atoms with van der Waals surface area (Å²) in [5.41, 5.74) is 0.692. The minimum Gasteiger partial charge on any atom is -0.480 e. The lowest BCUT2D eigenvalue weighted by Gasteiger charge is -2.24. The third-order valence-electron chi connectivity index (χ3n) is 3.56. The SMILES string of the molecule is CCc1ccccc1N(CC(=O)O)S(=O)(=O)c1ccc([N+](=O)[O-])cc1. The Morgan fingerprint density at radius 3 is 2.28 bits per heavy atom. The summed E-state index contributed by atoms with van der Waals surface area (Å²) < 4.78 is 26.6. The van der Waals surface area contributed by atoms with E-state index in [1.54, 1.807) is 18.2 Å². The number of carboxylic acid groups (broad SMARTS) is 1. The normalized spacial score (nSPS) is 11.1. The van der Waals surface area contributed by atoms with Crippen LogP contribution in [0.1, 0.15) is 12.5 Å². The van der Waals surface area contributed by atoms with E-state index in [1.807, 2.05) is 6.92 Å². The van der Waals surface area contributed by atoms with Gasteiger partial charge in [-0.05, 0) is 30.2 Å². The van der Waals surface area contributed by atoms with Gasteiger partial charge in [0.2, 0.25) is 0 Å². The molecule has 0 aliphatic rings. The quantitative estimate of drug-likeness (QED) is 0.595. The zero-order chi connectivity index (χ0) is 18.6. The minimum absolute atomic E-state index is 0.217. The molecule has 2 rings (SSSR count). The first-order chi connectivity index (χ1) is 11.8. The van der Waals surface area contributed by atoms with Crippen LogP contribution in [0.15, 0.2) is 53.4 Å². The Hall–Kier alpha value is -2.94. The molecule has 0 saturated heterocycles. The van der Waals surface area contributed by atoms with E-state index in [-0.39, 0.29) is 16.3 Å². The Labute approximate surface area is 144 Å². The third-order valence-corrected chi connectivity index (χ3v) is 5.33. The number of carboxylic acids is 1. The van der Waals surface area contributed by atoms with Gasteiger partial charge in [0, 0.05) is 12.1 Å². The molecule has 0 unspecified atom stereocenters. The first-order valence-electron chi connectivity index (χ1n) is 7.34. The fraction of sp³-hybridized carbons (Fsp3) is 0.188. The molecular formula is C16H16N2O6S. The van der Waals surface area contributed by atoms with E-state index >= 15 is 0 Å². The van der Waals surface area contributed by atoms with Crippen molar-refractivity contribution >= 4 is 27.4 Å². The molecule has 132 valence electrons. The van der Waals surface area contributed by atoms with Gasteiger partial charge in [-0.3, -0.25) is 19.2 Å². The van der Waals surface area contributed by atoms with Crippen LogP contribution in [0.25, 0.3) is 0 Å². The monoisotopic (exact) mass is 364 g/mol. The van der Waals surface area contributed by atoms with E-state index in [0.717, 1.165) is 28.6 Å². The molecule has 0 radical (unpaired) electrons. The van der Waals surface area contributed by atoms with Crippen molar-refractivity contribution in [1.29, 1.82) is 0 Å². The Morgan fingerprint density at radius 2 is 1.76 bits per heavy atom. The number of nitro groups is 1. The summed E-state index contributed by atoms with van der Waals surface area (Å²) in [5, 5.41) is 19.9. The van der Waals surface area contributed by atoms with Crippen molar-refractivity contribution in [3.8, 4) is 0 Å². The van der Waals surface area contributed by atoms with Gasteiger partial charge < -0.3 is 5.11 Å². The summed E-state index contributed by atoms with van der Waals surface area (Å²) in [6, 6.07) is 10.9. The number of hydrogen-bond acceptors (Lipinski definition) is 5. The summed E-state index contributed by atoms with van der Waals surface area (Å²) in [6.07, 6.45) is 0.516. The van der Waals surface area contributed by atoms with Gasteiger partial charge in [-0.15, -0.1) is 0 Å². The first kappa shape index (κ1) is 18.4. The van der Waals surface area contributed by atoms with Crippen LogP contribution >= 0.6 is 0 Å². The molecule has 0 aliphatic heterocycles. The van der Waals surface area contributed by atoms with E-state index < -0.39 is 27.5 Å². The van der Waals surface area contributed by atoms with Crippen molar-refractivity contribution in [2.45, 2.75) is 18.2 Å². The highest BCUT2D eigenvalue weighted by Gasteiger charge is 2.28. The van der Waals surface area contributed by atoms with E-state index in [2.05, 4.69) is 0 Å². The summed E-state index contributed by atoms with van der Waals surface area (Å²) >= 11 is 0. The van der Waals surface area contributed by atoms with Gasteiger partial charge in [0.05, 0.1) is 15.5 Å². The maximum Gasteiger partial charge on any atom is 0.324 e. The van der Waals surface area contributed by atoms with Gasteiger partial charge >= 0.3 is 5.97 Å². The number of benzene rings is 2. The second-order valence-electron chi connectivity index (χ2n) is 5.14. The van der Waals surface area contributed by atoms with Crippen molar-refractivity contribution in [2.24, 2.45) is 0 Å². The van der Waals surface area contributed by atoms with Gasteiger partial charge in [-0.2, -0.15) is 0 Å². The van der Waals surface area contributed by atoms with E-state index in [9.17, 15) is 23.3 Å². The molecule has 1 N–H and O–H groups in total. The summed E-state index contributed by atoms with van der Waals surface area (Å²) in [6.45, 7) is 1.08. The molecule has 0 spiro atoms. The number of non-ortho nitro benzene ring substituents is 1. The smallest absolute Gasteiger partial charge is 0.324 e. The van der Waals surface area contributed by atoms with Gasteiger partial charge in [-0.1, -0.05) is 25.1 Å². The molecule has 8 nitrogen and oxygen atoms in total. The van der Waals surface area contributed by atoms with Crippen LogP contribution in [0.3, 0.4) is 0 Å². The molecule has 0 saturated carbocycles. The third kappa shape index (κ3) is 3.94. The van der Waals surface area contributed by atoms with Crippen molar-refractivity contribution in [2.75, 3.05) is 10.8 Å². The molecule has 0 aliphatic carbocycles. The summed E-state index contributed by atoms with van der Waals surface area (Å²) in [7, 11) is -4.19. The number of nitrogens with zero attached hydrogens (tertiary/aromatic N) is 2. The minimum atomic E-state index is -4.19. The number of nitro benzene ring substituents is 1. The molecule has 2 aromatic rings. The van der Waals surface area contributed by atoms with Crippen LogP contribution in [-0.2, 0) is 21.2 Å². The number of anilines is 1. The number of aliphatic carboxylic acids is 1. The topological polar surface area (TPSA) is 118 Å². The lowest BCUT2D eigenvalue weighted by molar-refractivity contribution is -0.384. The van der Waals surface area contributed by atoms with Crippen molar-refractivity contribution in [1.82, 2.24) is 0 Å². The Kier molecular flexibility index (Phi) is 5.38. The van der Waals surface area contributed by atoms with E-state index in [4.69, 9.17) is 5.11 Å². The van der Waals surface area contributed by atoms with Crippen LogP contribution in [0.5, 0.6) is 0 Å². The highest BCUT2D eigenvalue weighted by molar-refractivity contribution is 7.92. The Balaban J connectivity index is 2.56. The molecule has 2 aromatic carbocycles. The fourth-order valence-corrected chi connectivity index (χ4v) is 3.79. The number of aryl methyl sites for hydroxylation is 1. The number of carbonyl (C=O) groups is 1. The second-order valence-corrected chi connectivity index (χ2v) is 7.00. The molecule has 0 fully saturated rings. The summed E-state index contributed by atoms with van der Waals surface area (Å²) in [4.78, 5) is 21.1. The Bertz CT molecular complexity index is 893. The van der Waals surface area contributed by atoms with E-state index in [1.165, 1.54) is 6.07 Å². The number of para-hydroxylation sites is 1. The van der Waals surface area contributed by atoms with E-state index in [0.29, 0.717) is 12.0 Å². The summed E-state index contributed by atoms with van der Waals surface area (Å²) in [5.74, 6) is -1.31. The van der Waals surface area contributed by atoms with Crippen LogP contribution in [0.2, 0.25) is 0 Å². The predicted octanol–water partition coefficient (Wildman–Crippen LogP) is 2.44. The maximum atomic E-state index is 12.9. The standard InChI is InChI=1S/C16H16N2O6S/c1-2-12-5-3-4-6-15(12)17(11-16(19)20)25(23,24)14-9-7-13(8-10-14)18(21)22/h3-10H,2,11H2,1H3,(H,19,20). The molecule has 0 bridgehead atoms. The van der Waals surface area contributed by atoms with Gasteiger partial charge in [-0.25, -0.2) is 8.42 Å².